The summed E-state index contributed by atoms with van der Waals surface area (Å²) in [7, 11) is 0. The van der Waals surface area contributed by atoms with Crippen LogP contribution in [0.3, 0.4) is 0 Å². The van der Waals surface area contributed by atoms with Crippen molar-refractivity contribution in [1.82, 2.24) is 14.6 Å². The largest absolute Gasteiger partial charge is 0.325 e. The van der Waals surface area contributed by atoms with Gasteiger partial charge in [-0.05, 0) is 61.0 Å². The number of thioether (sulfide) groups is 1. The molecule has 28 heavy (non-hydrogen) atoms. The second-order valence-corrected chi connectivity index (χ2v) is 7.99. The molecule has 2 heterocycles. The van der Waals surface area contributed by atoms with E-state index in [4.69, 9.17) is 0 Å². The van der Waals surface area contributed by atoms with Crippen molar-refractivity contribution in [3.8, 4) is 0 Å². The number of pyridine rings is 1. The Hall–Kier alpha value is -2.86. The second-order valence-electron chi connectivity index (χ2n) is 6.82. The van der Waals surface area contributed by atoms with Crippen molar-refractivity contribution in [3.63, 3.8) is 0 Å². The zero-order valence-electron chi connectivity index (χ0n) is 16.1. The van der Waals surface area contributed by atoms with Crippen LogP contribution >= 0.6 is 11.8 Å². The zero-order valence-corrected chi connectivity index (χ0v) is 17.0. The van der Waals surface area contributed by atoms with Crippen LogP contribution in [0.25, 0.3) is 16.6 Å². The van der Waals surface area contributed by atoms with Crippen molar-refractivity contribution in [2.45, 2.75) is 37.6 Å². The molecule has 0 aliphatic rings. The van der Waals surface area contributed by atoms with E-state index in [9.17, 15) is 4.79 Å². The third-order valence-electron chi connectivity index (χ3n) is 5.02. The van der Waals surface area contributed by atoms with E-state index >= 15 is 0 Å². The smallest absolute Gasteiger partial charge is 0.237 e. The average molecular weight is 391 g/mol. The van der Waals surface area contributed by atoms with Gasteiger partial charge in [0.25, 0.3) is 0 Å². The SMILES string of the molecule is CCC(Sc1nnc2ccc3ccccc3n12)C(=O)Nc1cccc(C)c1C. The number of fused-ring (bicyclic) bond motifs is 3. The van der Waals surface area contributed by atoms with Gasteiger partial charge in [-0.3, -0.25) is 9.20 Å². The molecule has 0 bridgehead atoms. The molecular weight excluding hydrogens is 368 g/mol. The van der Waals surface area contributed by atoms with E-state index in [2.05, 4.69) is 21.6 Å². The highest BCUT2D eigenvalue weighted by Crippen LogP contribution is 2.29. The van der Waals surface area contributed by atoms with Gasteiger partial charge in [0.15, 0.2) is 10.8 Å². The average Bonchev–Trinajstić information content (AvgIpc) is 3.13. The molecule has 0 radical (unpaired) electrons. The summed E-state index contributed by atoms with van der Waals surface area (Å²) in [5.41, 5.74) is 4.94. The van der Waals surface area contributed by atoms with Crippen molar-refractivity contribution in [3.05, 3.63) is 65.7 Å². The Labute approximate surface area is 168 Å². The van der Waals surface area contributed by atoms with Crippen molar-refractivity contribution in [1.29, 1.82) is 0 Å². The van der Waals surface area contributed by atoms with Crippen LogP contribution in [0, 0.1) is 13.8 Å². The molecule has 2 aromatic heterocycles. The highest BCUT2D eigenvalue weighted by Gasteiger charge is 2.22. The van der Waals surface area contributed by atoms with E-state index in [0.29, 0.717) is 6.42 Å². The number of rotatable bonds is 5. The van der Waals surface area contributed by atoms with Gasteiger partial charge in [0.2, 0.25) is 5.91 Å². The Morgan fingerprint density at radius 2 is 1.89 bits per heavy atom. The topological polar surface area (TPSA) is 59.3 Å². The molecule has 1 N–H and O–H groups in total. The van der Waals surface area contributed by atoms with E-state index in [-0.39, 0.29) is 11.2 Å². The van der Waals surface area contributed by atoms with Gasteiger partial charge in [-0.1, -0.05) is 49.0 Å². The predicted molar refractivity (Wildman–Crippen MR) is 115 cm³/mol. The van der Waals surface area contributed by atoms with Gasteiger partial charge in [-0.15, -0.1) is 10.2 Å². The van der Waals surface area contributed by atoms with Gasteiger partial charge in [0, 0.05) is 5.69 Å². The first-order valence-electron chi connectivity index (χ1n) is 9.35. The first-order chi connectivity index (χ1) is 13.6. The fraction of sp³-hybridized carbons (Fsp3) is 0.227. The third kappa shape index (κ3) is 3.36. The minimum absolute atomic E-state index is 0.0156. The number of aryl methyl sites for hydroxylation is 1. The number of para-hydroxylation sites is 1. The minimum Gasteiger partial charge on any atom is -0.325 e. The van der Waals surface area contributed by atoms with Gasteiger partial charge in [0.1, 0.15) is 0 Å². The van der Waals surface area contributed by atoms with Crippen LogP contribution in [-0.4, -0.2) is 25.8 Å². The summed E-state index contributed by atoms with van der Waals surface area (Å²) in [5.74, 6) is -0.0156. The number of carbonyl (C=O) groups excluding carboxylic acids is 1. The fourth-order valence-electron chi connectivity index (χ4n) is 3.24. The maximum absolute atomic E-state index is 12.9. The first kappa shape index (κ1) is 18.5. The van der Waals surface area contributed by atoms with Crippen LogP contribution in [-0.2, 0) is 4.79 Å². The Morgan fingerprint density at radius 1 is 1.07 bits per heavy atom. The molecule has 1 amide bonds. The number of hydrogen-bond acceptors (Lipinski definition) is 4. The summed E-state index contributed by atoms with van der Waals surface area (Å²) >= 11 is 1.45. The van der Waals surface area contributed by atoms with Crippen molar-refractivity contribution in [2.75, 3.05) is 5.32 Å². The molecule has 0 saturated carbocycles. The molecule has 4 aromatic rings. The lowest BCUT2D eigenvalue weighted by atomic mass is 10.1. The van der Waals surface area contributed by atoms with Crippen LogP contribution in [0.2, 0.25) is 0 Å². The number of amides is 1. The predicted octanol–water partition coefficient (Wildman–Crippen LogP) is 5.01. The number of carbonyl (C=O) groups is 1. The molecule has 0 aliphatic carbocycles. The summed E-state index contributed by atoms with van der Waals surface area (Å²) in [4.78, 5) is 12.9. The van der Waals surface area contributed by atoms with Gasteiger partial charge in [-0.2, -0.15) is 0 Å². The molecule has 0 fully saturated rings. The van der Waals surface area contributed by atoms with Gasteiger partial charge >= 0.3 is 0 Å². The summed E-state index contributed by atoms with van der Waals surface area (Å²) in [6.45, 7) is 6.09. The summed E-state index contributed by atoms with van der Waals surface area (Å²) in [6.07, 6.45) is 0.695. The number of hydrogen-bond donors (Lipinski definition) is 1. The van der Waals surface area contributed by atoms with Crippen LogP contribution in [0.4, 0.5) is 5.69 Å². The van der Waals surface area contributed by atoms with E-state index in [1.54, 1.807) is 0 Å². The summed E-state index contributed by atoms with van der Waals surface area (Å²) < 4.78 is 2.02. The quantitative estimate of drug-likeness (QED) is 0.487. The maximum atomic E-state index is 12.9. The monoisotopic (exact) mass is 390 g/mol. The Morgan fingerprint density at radius 3 is 2.71 bits per heavy atom. The minimum atomic E-state index is -0.258. The van der Waals surface area contributed by atoms with Gasteiger partial charge < -0.3 is 5.32 Å². The molecular formula is C22H22N4OS. The molecule has 0 spiro atoms. The van der Waals surface area contributed by atoms with E-state index in [1.165, 1.54) is 11.8 Å². The number of benzene rings is 2. The van der Waals surface area contributed by atoms with E-state index in [0.717, 1.165) is 38.5 Å². The Bertz CT molecular complexity index is 1170. The first-order valence-corrected chi connectivity index (χ1v) is 10.2. The molecule has 0 aliphatic heterocycles. The zero-order chi connectivity index (χ0) is 19.7. The van der Waals surface area contributed by atoms with Crippen molar-refractivity contribution >= 4 is 39.9 Å². The number of aromatic nitrogens is 3. The lowest BCUT2D eigenvalue weighted by molar-refractivity contribution is -0.115. The van der Waals surface area contributed by atoms with Gasteiger partial charge in [-0.25, -0.2) is 0 Å². The van der Waals surface area contributed by atoms with Crippen LogP contribution in [0.1, 0.15) is 24.5 Å². The molecule has 1 atom stereocenters. The van der Waals surface area contributed by atoms with Crippen LogP contribution in [0.5, 0.6) is 0 Å². The molecule has 0 saturated heterocycles. The second kappa shape index (κ2) is 7.64. The van der Waals surface area contributed by atoms with Crippen molar-refractivity contribution in [2.24, 2.45) is 0 Å². The van der Waals surface area contributed by atoms with E-state index in [1.807, 2.05) is 73.7 Å². The molecule has 4 rings (SSSR count). The lowest BCUT2D eigenvalue weighted by Gasteiger charge is -2.16. The Kier molecular flexibility index (Phi) is 5.05. The summed E-state index contributed by atoms with van der Waals surface area (Å²) in [6, 6.07) is 18.1. The molecule has 5 nitrogen and oxygen atoms in total. The number of nitrogens with zero attached hydrogens (tertiary/aromatic N) is 3. The lowest BCUT2D eigenvalue weighted by Crippen LogP contribution is -2.25. The number of anilines is 1. The van der Waals surface area contributed by atoms with Gasteiger partial charge in [0.05, 0.1) is 10.8 Å². The Balaban J connectivity index is 1.64. The highest BCUT2D eigenvalue weighted by molar-refractivity contribution is 8.00. The van der Waals surface area contributed by atoms with Crippen molar-refractivity contribution < 1.29 is 4.79 Å². The highest BCUT2D eigenvalue weighted by atomic mass is 32.2. The fourth-order valence-corrected chi connectivity index (χ4v) is 4.21. The standard InChI is InChI=1S/C22H22N4OS/c1-4-19(21(27)23-17-10-7-8-14(2)15(17)3)28-22-25-24-20-13-12-16-9-5-6-11-18(16)26(20)22/h5-13,19H,4H2,1-3H3,(H,23,27). The normalized spacial score (nSPS) is 12.4. The van der Waals surface area contributed by atoms with E-state index < -0.39 is 0 Å². The molecule has 2 aromatic carbocycles. The number of nitrogens with one attached hydrogen (secondary N) is 1. The molecule has 142 valence electrons. The van der Waals surface area contributed by atoms with Crippen LogP contribution in [0.15, 0.2) is 59.8 Å². The van der Waals surface area contributed by atoms with Crippen LogP contribution < -0.4 is 5.32 Å². The molecule has 6 heteroatoms. The third-order valence-corrected chi connectivity index (χ3v) is 6.33. The molecule has 1 unspecified atom stereocenters. The maximum Gasteiger partial charge on any atom is 0.237 e. The summed E-state index contributed by atoms with van der Waals surface area (Å²) in [5, 5.41) is 13.3.